The Morgan fingerprint density at radius 2 is 2.17 bits per heavy atom. The van der Waals surface area contributed by atoms with Crippen molar-refractivity contribution in [1.29, 1.82) is 0 Å². The summed E-state index contributed by atoms with van der Waals surface area (Å²) < 4.78 is 23.9. The molecule has 7 heteroatoms. The molecule has 1 N–H and O–H groups in total. The van der Waals surface area contributed by atoms with E-state index >= 15 is 0 Å². The second kappa shape index (κ2) is 5.54. The molecule has 18 heavy (non-hydrogen) atoms. The van der Waals surface area contributed by atoms with Gasteiger partial charge in [-0.05, 0) is 28.4 Å². The van der Waals surface area contributed by atoms with E-state index in [1.807, 2.05) is 11.0 Å². The Morgan fingerprint density at radius 1 is 1.39 bits per heavy atom. The second-order valence-electron chi connectivity index (χ2n) is 4.29. The molecule has 0 amide bonds. The molecule has 0 aromatic carbocycles. The summed E-state index contributed by atoms with van der Waals surface area (Å²) in [7, 11) is -2.93. The Morgan fingerprint density at radius 3 is 2.89 bits per heavy atom. The highest BCUT2D eigenvalue weighted by atomic mass is 79.9. The molecule has 5 nitrogen and oxygen atoms in total. The fourth-order valence-corrected chi connectivity index (χ4v) is 3.68. The van der Waals surface area contributed by atoms with Gasteiger partial charge in [0.05, 0.1) is 18.1 Å². The lowest BCUT2D eigenvalue weighted by Gasteiger charge is -2.23. The van der Waals surface area contributed by atoms with Crippen molar-refractivity contribution in [2.75, 3.05) is 29.5 Å². The third-order valence-corrected chi connectivity index (χ3v) is 5.08. The number of pyridine rings is 1. The van der Waals surface area contributed by atoms with Crippen LogP contribution in [-0.4, -0.2) is 43.1 Å². The quantitative estimate of drug-likeness (QED) is 0.872. The molecule has 1 aromatic rings. The first-order valence-corrected chi connectivity index (χ1v) is 8.34. The molecule has 2 heterocycles. The van der Waals surface area contributed by atoms with E-state index in [9.17, 15) is 13.5 Å². The maximum Gasteiger partial charge on any atom is 0.152 e. The number of hydrogen-bond donors (Lipinski definition) is 1. The highest BCUT2D eigenvalue weighted by molar-refractivity contribution is 9.10. The average molecular weight is 335 g/mol. The molecule has 1 saturated heterocycles. The number of aromatic nitrogens is 1. The Hall–Kier alpha value is -0.660. The number of aliphatic hydroxyl groups is 1. The van der Waals surface area contributed by atoms with Gasteiger partial charge < -0.3 is 10.0 Å². The van der Waals surface area contributed by atoms with Crippen LogP contribution in [0.2, 0.25) is 0 Å². The minimum atomic E-state index is -2.93. The fraction of sp³-hybridized carbons (Fsp3) is 0.545. The van der Waals surface area contributed by atoms with Crippen LogP contribution >= 0.6 is 15.9 Å². The molecule has 0 aliphatic carbocycles. The molecule has 2 rings (SSSR count). The third-order valence-electron chi connectivity index (χ3n) is 2.93. The summed E-state index contributed by atoms with van der Waals surface area (Å²) in [5.74, 6) is 1.06. The summed E-state index contributed by atoms with van der Waals surface area (Å²) in [5.41, 5.74) is 0.712. The smallest absolute Gasteiger partial charge is 0.152 e. The molecule has 0 radical (unpaired) electrons. The molecule has 1 fully saturated rings. The van der Waals surface area contributed by atoms with Crippen LogP contribution < -0.4 is 4.90 Å². The van der Waals surface area contributed by atoms with Gasteiger partial charge in [0.25, 0.3) is 0 Å². The lowest BCUT2D eigenvalue weighted by molar-refractivity contribution is 0.281. The number of anilines is 1. The molecule has 0 spiro atoms. The molecule has 0 unspecified atom stereocenters. The van der Waals surface area contributed by atoms with Crippen LogP contribution in [0.1, 0.15) is 12.0 Å². The van der Waals surface area contributed by atoms with Gasteiger partial charge in [-0.25, -0.2) is 13.4 Å². The topological polar surface area (TPSA) is 70.5 Å². The van der Waals surface area contributed by atoms with E-state index in [-0.39, 0.29) is 18.1 Å². The lowest BCUT2D eigenvalue weighted by Crippen LogP contribution is -2.28. The van der Waals surface area contributed by atoms with Gasteiger partial charge in [0.1, 0.15) is 5.82 Å². The van der Waals surface area contributed by atoms with E-state index in [0.29, 0.717) is 30.9 Å². The standard InChI is InChI=1S/C11H15BrN2O3S/c12-10-6-9(8-15)11(13-7-10)14-2-1-4-18(16,17)5-3-14/h6-7,15H,1-5,8H2. The SMILES string of the molecule is O=S1(=O)CCCN(c2ncc(Br)cc2CO)CC1. The lowest BCUT2D eigenvalue weighted by atomic mass is 10.2. The number of rotatable bonds is 2. The van der Waals surface area contributed by atoms with Crippen molar-refractivity contribution in [1.82, 2.24) is 4.98 Å². The molecular weight excluding hydrogens is 320 g/mol. The van der Waals surface area contributed by atoms with E-state index < -0.39 is 9.84 Å². The fourth-order valence-electron chi connectivity index (χ4n) is 2.03. The average Bonchev–Trinajstić information content (AvgIpc) is 2.50. The van der Waals surface area contributed by atoms with Crippen LogP contribution in [-0.2, 0) is 16.4 Å². The van der Waals surface area contributed by atoms with Crippen molar-refractivity contribution in [3.63, 3.8) is 0 Å². The van der Waals surface area contributed by atoms with E-state index in [1.54, 1.807) is 6.20 Å². The first-order chi connectivity index (χ1) is 8.52. The highest BCUT2D eigenvalue weighted by Gasteiger charge is 2.21. The zero-order chi connectivity index (χ0) is 13.2. The second-order valence-corrected chi connectivity index (χ2v) is 7.51. The summed E-state index contributed by atoms with van der Waals surface area (Å²) in [6, 6.07) is 1.81. The van der Waals surface area contributed by atoms with Crippen molar-refractivity contribution in [3.8, 4) is 0 Å². The first-order valence-electron chi connectivity index (χ1n) is 5.72. The van der Waals surface area contributed by atoms with Crippen LogP contribution in [0.25, 0.3) is 0 Å². The maximum absolute atomic E-state index is 11.6. The van der Waals surface area contributed by atoms with Gasteiger partial charge in [-0.15, -0.1) is 0 Å². The number of hydrogen-bond acceptors (Lipinski definition) is 5. The Bertz CT molecular complexity index is 533. The van der Waals surface area contributed by atoms with Gasteiger partial charge in [-0.2, -0.15) is 0 Å². The van der Waals surface area contributed by atoms with Crippen LogP contribution in [0.4, 0.5) is 5.82 Å². The van der Waals surface area contributed by atoms with E-state index in [4.69, 9.17) is 0 Å². The molecule has 1 aliphatic rings. The Labute approximate surface area is 115 Å². The maximum atomic E-state index is 11.6. The normalized spacial score (nSPS) is 19.6. The van der Waals surface area contributed by atoms with Crippen molar-refractivity contribution in [2.24, 2.45) is 0 Å². The summed E-state index contributed by atoms with van der Waals surface area (Å²) in [4.78, 5) is 6.22. The van der Waals surface area contributed by atoms with Gasteiger partial charge >= 0.3 is 0 Å². The number of aliphatic hydroxyl groups excluding tert-OH is 1. The summed E-state index contributed by atoms with van der Waals surface area (Å²) in [6.45, 7) is 0.982. The zero-order valence-electron chi connectivity index (χ0n) is 9.84. The van der Waals surface area contributed by atoms with Gasteiger partial charge in [-0.3, -0.25) is 0 Å². The third kappa shape index (κ3) is 3.21. The van der Waals surface area contributed by atoms with Gasteiger partial charge in [0.2, 0.25) is 0 Å². The number of nitrogens with zero attached hydrogens (tertiary/aromatic N) is 2. The van der Waals surface area contributed by atoms with Crippen LogP contribution in [0.5, 0.6) is 0 Å². The monoisotopic (exact) mass is 334 g/mol. The summed E-state index contributed by atoms with van der Waals surface area (Å²) >= 11 is 3.31. The zero-order valence-corrected chi connectivity index (χ0v) is 12.2. The minimum absolute atomic E-state index is 0.106. The number of halogens is 1. The molecule has 0 atom stereocenters. The van der Waals surface area contributed by atoms with Crippen LogP contribution in [0.15, 0.2) is 16.7 Å². The van der Waals surface area contributed by atoms with Crippen molar-refractivity contribution < 1.29 is 13.5 Å². The molecule has 1 aromatic heterocycles. The van der Waals surface area contributed by atoms with Crippen molar-refractivity contribution in [2.45, 2.75) is 13.0 Å². The van der Waals surface area contributed by atoms with E-state index in [1.165, 1.54) is 0 Å². The predicted octanol–water partition coefficient (Wildman–Crippen LogP) is 0.961. The van der Waals surface area contributed by atoms with Crippen molar-refractivity contribution in [3.05, 3.63) is 22.3 Å². The van der Waals surface area contributed by atoms with Crippen LogP contribution in [0, 0.1) is 0 Å². The Balaban J connectivity index is 2.26. The van der Waals surface area contributed by atoms with Gasteiger partial charge in [0, 0.05) is 29.3 Å². The predicted molar refractivity (Wildman–Crippen MR) is 73.3 cm³/mol. The molecule has 100 valence electrons. The van der Waals surface area contributed by atoms with Crippen LogP contribution in [0.3, 0.4) is 0 Å². The largest absolute Gasteiger partial charge is 0.392 e. The summed E-state index contributed by atoms with van der Waals surface area (Å²) in [6.07, 6.45) is 2.26. The molecule has 0 bridgehead atoms. The first kappa shape index (κ1) is 13.8. The number of sulfone groups is 1. The van der Waals surface area contributed by atoms with Gasteiger partial charge in [-0.1, -0.05) is 0 Å². The molecule has 0 saturated carbocycles. The molecular formula is C11H15BrN2O3S. The minimum Gasteiger partial charge on any atom is -0.392 e. The van der Waals surface area contributed by atoms with Crippen molar-refractivity contribution >= 4 is 31.6 Å². The van der Waals surface area contributed by atoms with E-state index in [0.717, 1.165) is 4.47 Å². The van der Waals surface area contributed by atoms with E-state index in [2.05, 4.69) is 20.9 Å². The van der Waals surface area contributed by atoms with Gasteiger partial charge in [0.15, 0.2) is 9.84 Å². The highest BCUT2D eigenvalue weighted by Crippen LogP contribution is 2.23. The Kier molecular flexibility index (Phi) is 4.24. The summed E-state index contributed by atoms with van der Waals surface area (Å²) in [5, 5.41) is 9.34. The molecule has 1 aliphatic heterocycles.